The van der Waals surface area contributed by atoms with Gasteiger partial charge in [-0.15, -0.1) is 0 Å². The van der Waals surface area contributed by atoms with Crippen molar-refractivity contribution in [2.75, 3.05) is 11.9 Å². The van der Waals surface area contributed by atoms with Crippen molar-refractivity contribution in [3.8, 4) is 0 Å². The van der Waals surface area contributed by atoms with E-state index in [9.17, 15) is 19.2 Å². The van der Waals surface area contributed by atoms with Crippen LogP contribution in [-0.2, 0) is 14.4 Å². The highest BCUT2D eigenvalue weighted by Gasteiger charge is 2.49. The summed E-state index contributed by atoms with van der Waals surface area (Å²) < 4.78 is 0.682. The number of halogens is 1. The number of anilines is 1. The quantitative estimate of drug-likeness (QED) is 0.597. The molecule has 0 bridgehead atoms. The molecule has 1 saturated carbocycles. The third kappa shape index (κ3) is 3.51. The molecule has 2 fully saturated rings. The highest BCUT2D eigenvalue weighted by molar-refractivity contribution is 9.10. The van der Waals surface area contributed by atoms with Crippen LogP contribution in [0.15, 0.2) is 28.7 Å². The van der Waals surface area contributed by atoms with Gasteiger partial charge in [0.05, 0.1) is 5.69 Å². The number of hydrogen-bond donors (Lipinski definition) is 1. The van der Waals surface area contributed by atoms with Crippen molar-refractivity contribution < 1.29 is 19.2 Å². The van der Waals surface area contributed by atoms with Crippen LogP contribution < -0.4 is 5.32 Å². The number of carbonyl (C=O) groups excluding carboxylic acids is 4. The average Bonchev–Trinajstić information content (AvgIpc) is 2.81. The Balaban J connectivity index is 1.71. The van der Waals surface area contributed by atoms with Crippen LogP contribution in [0, 0.1) is 5.92 Å². The van der Waals surface area contributed by atoms with Gasteiger partial charge in [-0.1, -0.05) is 31.9 Å². The summed E-state index contributed by atoms with van der Waals surface area (Å²) in [6.45, 7) is 1.50. The Bertz CT molecular complexity index is 767. The summed E-state index contributed by atoms with van der Waals surface area (Å²) >= 11 is 3.31. The van der Waals surface area contributed by atoms with E-state index >= 15 is 0 Å². The lowest BCUT2D eigenvalue weighted by Gasteiger charge is -2.34. The minimum Gasteiger partial charge on any atom is -0.323 e. The molecule has 7 nitrogen and oxygen atoms in total. The smallest absolute Gasteiger partial charge is 0.323 e. The first-order valence-corrected chi connectivity index (χ1v) is 9.43. The van der Waals surface area contributed by atoms with Gasteiger partial charge in [0.15, 0.2) is 0 Å². The highest BCUT2D eigenvalue weighted by Crippen LogP contribution is 2.31. The molecule has 26 heavy (non-hydrogen) atoms. The van der Waals surface area contributed by atoms with Crippen molar-refractivity contribution >= 4 is 45.4 Å². The number of imide groups is 2. The molecule has 1 aliphatic heterocycles. The summed E-state index contributed by atoms with van der Waals surface area (Å²) in [6.07, 6.45) is 3.59. The fourth-order valence-corrected chi connectivity index (χ4v) is 3.91. The van der Waals surface area contributed by atoms with E-state index in [0.29, 0.717) is 16.6 Å². The number of hydrogen-bond acceptors (Lipinski definition) is 4. The van der Waals surface area contributed by atoms with E-state index in [0.717, 1.165) is 29.1 Å². The molecule has 1 aromatic carbocycles. The van der Waals surface area contributed by atoms with Crippen LogP contribution >= 0.6 is 15.9 Å². The fraction of sp³-hybridized carbons (Fsp3) is 0.444. The predicted octanol–water partition coefficient (Wildman–Crippen LogP) is 2.76. The summed E-state index contributed by atoms with van der Waals surface area (Å²) in [5.41, 5.74) is 0.528. The Labute approximate surface area is 159 Å². The number of benzene rings is 1. The van der Waals surface area contributed by atoms with Gasteiger partial charge in [-0.3, -0.25) is 19.3 Å². The van der Waals surface area contributed by atoms with Crippen LogP contribution in [0.3, 0.4) is 0 Å². The topological polar surface area (TPSA) is 86.8 Å². The Morgan fingerprint density at radius 3 is 2.54 bits per heavy atom. The van der Waals surface area contributed by atoms with Crippen LogP contribution in [0.1, 0.15) is 32.6 Å². The highest BCUT2D eigenvalue weighted by atomic mass is 79.9. The van der Waals surface area contributed by atoms with Crippen molar-refractivity contribution in [2.24, 2.45) is 5.92 Å². The second kappa shape index (κ2) is 7.57. The molecule has 2 aliphatic rings. The van der Waals surface area contributed by atoms with Gasteiger partial charge < -0.3 is 5.32 Å². The van der Waals surface area contributed by atoms with Crippen molar-refractivity contribution in [1.29, 1.82) is 0 Å². The lowest BCUT2D eigenvalue weighted by molar-refractivity contribution is -0.145. The van der Waals surface area contributed by atoms with Gasteiger partial charge in [-0.25, -0.2) is 9.69 Å². The predicted molar refractivity (Wildman–Crippen MR) is 98.1 cm³/mol. The molecule has 3 rings (SSSR count). The lowest BCUT2D eigenvalue weighted by Crippen LogP contribution is -2.46. The molecule has 0 radical (unpaired) electrons. The first kappa shape index (κ1) is 18.6. The number of nitrogens with zero attached hydrogens (tertiary/aromatic N) is 2. The van der Waals surface area contributed by atoms with Crippen LogP contribution in [0.2, 0.25) is 0 Å². The first-order valence-electron chi connectivity index (χ1n) is 8.63. The number of para-hydroxylation sites is 1. The van der Waals surface area contributed by atoms with Gasteiger partial charge in [0.2, 0.25) is 5.91 Å². The molecule has 138 valence electrons. The number of nitrogens with one attached hydrogen (secondary N) is 1. The molecule has 1 aliphatic carbocycles. The van der Waals surface area contributed by atoms with Gasteiger partial charge in [0, 0.05) is 10.5 Å². The molecule has 1 saturated heterocycles. The van der Waals surface area contributed by atoms with E-state index < -0.39 is 30.3 Å². The zero-order valence-electron chi connectivity index (χ0n) is 14.4. The van der Waals surface area contributed by atoms with Gasteiger partial charge >= 0.3 is 17.8 Å². The normalized spacial score (nSPS) is 23.5. The van der Waals surface area contributed by atoms with E-state index in [2.05, 4.69) is 21.2 Å². The number of urea groups is 1. The van der Waals surface area contributed by atoms with Crippen LogP contribution in [-0.4, -0.2) is 46.1 Å². The molecule has 8 heteroatoms. The minimum absolute atomic E-state index is 0.151. The average molecular weight is 422 g/mol. The Hall–Kier alpha value is -2.22. The van der Waals surface area contributed by atoms with Crippen molar-refractivity contribution in [2.45, 2.75) is 38.6 Å². The van der Waals surface area contributed by atoms with Crippen LogP contribution in [0.5, 0.6) is 0 Å². The van der Waals surface area contributed by atoms with Crippen LogP contribution in [0.25, 0.3) is 0 Å². The number of amides is 5. The number of carbonyl (C=O) groups is 4. The van der Waals surface area contributed by atoms with E-state index in [-0.39, 0.29) is 12.0 Å². The summed E-state index contributed by atoms with van der Waals surface area (Å²) in [5.74, 6) is -2.15. The zero-order chi connectivity index (χ0) is 18.8. The SMILES string of the molecule is C[C@@H]1CCCC[C@@H]1N1C(=O)C(=O)N(CC(=O)Nc2ccccc2Br)C1=O. The number of rotatable bonds is 4. The fourth-order valence-electron chi connectivity index (χ4n) is 3.53. The third-order valence-electron chi connectivity index (χ3n) is 4.93. The van der Waals surface area contributed by atoms with Crippen molar-refractivity contribution in [3.63, 3.8) is 0 Å². The lowest BCUT2D eigenvalue weighted by atomic mass is 9.85. The largest absolute Gasteiger partial charge is 0.334 e. The van der Waals surface area contributed by atoms with E-state index in [1.807, 2.05) is 6.92 Å². The van der Waals surface area contributed by atoms with Crippen molar-refractivity contribution in [3.05, 3.63) is 28.7 Å². The first-order chi connectivity index (χ1) is 12.4. The van der Waals surface area contributed by atoms with E-state index in [1.165, 1.54) is 0 Å². The summed E-state index contributed by atoms with van der Waals surface area (Å²) in [5, 5.41) is 2.63. The Morgan fingerprint density at radius 2 is 1.85 bits per heavy atom. The van der Waals surface area contributed by atoms with Gasteiger partial charge in [-0.2, -0.15) is 0 Å². The molecule has 0 unspecified atom stereocenters. The molecule has 1 heterocycles. The maximum atomic E-state index is 12.6. The molecule has 1 N–H and O–H groups in total. The standard InChI is InChI=1S/C18H20BrN3O4/c1-11-6-2-5-9-14(11)22-17(25)16(24)21(18(22)26)10-15(23)20-13-8-4-3-7-12(13)19/h3-4,7-8,11,14H,2,5-6,9-10H2,1H3,(H,20,23)/t11-,14+/m1/s1. The summed E-state index contributed by atoms with van der Waals surface area (Å²) in [6, 6.07) is 6.04. The molecule has 1 aromatic rings. The van der Waals surface area contributed by atoms with E-state index in [1.54, 1.807) is 24.3 Å². The van der Waals surface area contributed by atoms with Gasteiger partial charge in [-0.05, 0) is 46.8 Å². The molecule has 2 atom stereocenters. The van der Waals surface area contributed by atoms with Gasteiger partial charge in [0.1, 0.15) is 6.54 Å². The van der Waals surface area contributed by atoms with Crippen LogP contribution in [0.4, 0.5) is 10.5 Å². The molecular formula is C18H20BrN3O4. The molecule has 0 aromatic heterocycles. The third-order valence-corrected chi connectivity index (χ3v) is 5.62. The minimum atomic E-state index is -0.935. The Morgan fingerprint density at radius 1 is 1.15 bits per heavy atom. The van der Waals surface area contributed by atoms with E-state index in [4.69, 9.17) is 0 Å². The molecular weight excluding hydrogens is 402 g/mol. The summed E-state index contributed by atoms with van der Waals surface area (Å²) in [4.78, 5) is 51.3. The second-order valence-electron chi connectivity index (χ2n) is 6.71. The van der Waals surface area contributed by atoms with Gasteiger partial charge in [0.25, 0.3) is 0 Å². The maximum Gasteiger partial charge on any atom is 0.334 e. The Kier molecular flexibility index (Phi) is 5.41. The maximum absolute atomic E-state index is 12.6. The second-order valence-corrected chi connectivity index (χ2v) is 7.56. The zero-order valence-corrected chi connectivity index (χ0v) is 16.0. The molecule has 5 amide bonds. The molecule has 0 spiro atoms. The van der Waals surface area contributed by atoms with Crippen molar-refractivity contribution in [1.82, 2.24) is 9.80 Å². The summed E-state index contributed by atoms with van der Waals surface area (Å²) in [7, 11) is 0. The monoisotopic (exact) mass is 421 g/mol.